The largest absolute Gasteiger partial charge is 0.545 e. The molecule has 0 aromatic heterocycles. The van der Waals surface area contributed by atoms with Crippen molar-refractivity contribution in [2.75, 3.05) is 0 Å². The van der Waals surface area contributed by atoms with E-state index < -0.39 is 0 Å². The fourth-order valence-electron chi connectivity index (χ4n) is 0. The van der Waals surface area contributed by atoms with E-state index in [2.05, 4.69) is 6.79 Å². The molecule has 0 rings (SSSR count). The van der Waals surface area contributed by atoms with Crippen LogP contribution in [0.1, 0.15) is 0 Å². The Morgan fingerprint density at radius 2 is 1.20 bits per heavy atom. The number of hydrogen-bond donors (Lipinski definition) is 0. The molecule has 0 heterocycles. The minimum absolute atomic E-state index is 0. The Morgan fingerprint density at radius 3 is 1.20 bits per heavy atom. The van der Waals surface area contributed by atoms with E-state index in [1.807, 2.05) is 6.79 Å². The Morgan fingerprint density at radius 1 is 1.20 bits per heavy atom. The fourth-order valence-corrected chi connectivity index (χ4v) is 0. The first-order valence-corrected chi connectivity index (χ1v) is 0.524. The molecule has 32 valence electrons. The molecule has 0 N–H and O–H groups in total. The second-order valence-corrected chi connectivity index (χ2v) is 0. The molecule has 0 aliphatic rings. The van der Waals surface area contributed by atoms with Gasteiger partial charge in [-0.25, -0.2) is 0 Å². The summed E-state index contributed by atoms with van der Waals surface area (Å²) in [7, 11) is 0. The van der Waals surface area contributed by atoms with Gasteiger partial charge in [0, 0.05) is 17.1 Å². The summed E-state index contributed by atoms with van der Waals surface area (Å²) in [5, 5.41) is 0. The molecule has 0 saturated carbocycles. The van der Waals surface area contributed by atoms with Crippen molar-refractivity contribution in [2.24, 2.45) is 0 Å². The number of carbonyl (C=O) groups excluding carboxylic acids is 2. The second kappa shape index (κ2) is 1600. The van der Waals surface area contributed by atoms with Crippen molar-refractivity contribution in [1.29, 1.82) is 0 Å². The maximum absolute atomic E-state index is 8.00. The van der Waals surface area contributed by atoms with Crippen molar-refractivity contribution in [2.45, 2.75) is 0 Å². The van der Waals surface area contributed by atoms with Crippen LogP contribution in [-0.2, 0) is 26.7 Å². The first kappa shape index (κ1) is 20.9. The van der Waals surface area contributed by atoms with E-state index in [1.54, 1.807) is 0 Å². The van der Waals surface area contributed by atoms with Crippen LogP contribution in [0, 0.1) is 0 Å². The van der Waals surface area contributed by atoms with Gasteiger partial charge in [-0.1, -0.05) is 0 Å². The first-order chi connectivity index (χ1) is 2.00. The molecule has 0 fully saturated rings. The van der Waals surface area contributed by atoms with E-state index in [0.29, 0.717) is 0 Å². The smallest absolute Gasteiger partial charge is 0.106 e. The molecule has 3 heteroatoms. The van der Waals surface area contributed by atoms with Gasteiger partial charge in [-0.05, 0) is 0 Å². The van der Waals surface area contributed by atoms with Crippen molar-refractivity contribution in [3.63, 3.8) is 0 Å². The zero-order chi connectivity index (χ0) is 4.00. The van der Waals surface area contributed by atoms with Gasteiger partial charge in [0.05, 0.1) is 0 Å². The molecule has 0 amide bonds. The van der Waals surface area contributed by atoms with Crippen LogP contribution >= 0.6 is 0 Å². The van der Waals surface area contributed by atoms with Crippen molar-refractivity contribution in [3.05, 3.63) is 0 Å². The second-order valence-electron chi connectivity index (χ2n) is 0. The van der Waals surface area contributed by atoms with Crippen molar-refractivity contribution in [3.8, 4) is 0 Å². The molecule has 5 heavy (non-hydrogen) atoms. The topological polar surface area (TPSA) is 34.1 Å². The normalized spacial score (nSPS) is 1.60. The molecular weight excluding hydrogens is 112 g/mol. The standard InChI is InChI=1S/CH2O.CHO.Fe/c2*1-2;/h1H2;1H;/q;-1;. The molecule has 0 atom stereocenters. The van der Waals surface area contributed by atoms with Gasteiger partial charge in [-0.2, -0.15) is 0 Å². The maximum atomic E-state index is 8.00. The average molecular weight is 115 g/mol. The van der Waals surface area contributed by atoms with Crippen LogP contribution in [0.15, 0.2) is 0 Å². The molecule has 0 aliphatic carbocycles. The molecule has 0 aliphatic heterocycles. The summed E-state index contributed by atoms with van der Waals surface area (Å²) < 4.78 is 0. The summed E-state index contributed by atoms with van der Waals surface area (Å²) in [4.78, 5) is 15.8. The number of rotatable bonds is 0. The van der Waals surface area contributed by atoms with Gasteiger partial charge in [-0.15, -0.1) is 0 Å². The molecule has 0 radical (unpaired) electrons. The van der Waals surface area contributed by atoms with E-state index in [0.717, 1.165) is 0 Å². The molecule has 0 unspecified atom stereocenters. The zero-order valence-electron chi connectivity index (χ0n) is 2.45. The Labute approximate surface area is 41.0 Å². The summed E-state index contributed by atoms with van der Waals surface area (Å²) in [5.74, 6) is 0. The van der Waals surface area contributed by atoms with Crippen molar-refractivity contribution in [1.82, 2.24) is 0 Å². The molecule has 0 bridgehead atoms. The molecule has 2 nitrogen and oxygen atoms in total. The molecule has 0 saturated heterocycles. The Balaban J connectivity index is -0.0000000133. The van der Waals surface area contributed by atoms with Crippen LogP contribution < -0.4 is 0 Å². The number of hydrogen-bond acceptors (Lipinski definition) is 2. The van der Waals surface area contributed by atoms with Gasteiger partial charge in [0.15, 0.2) is 0 Å². The minimum Gasteiger partial charge on any atom is -0.545 e. The fraction of sp³-hybridized carbons (Fsp3) is 0. The van der Waals surface area contributed by atoms with Crippen LogP contribution in [0.4, 0.5) is 0 Å². The van der Waals surface area contributed by atoms with Gasteiger partial charge in [0.2, 0.25) is 0 Å². The van der Waals surface area contributed by atoms with Crippen LogP contribution in [0.3, 0.4) is 0 Å². The van der Waals surface area contributed by atoms with E-state index >= 15 is 0 Å². The van der Waals surface area contributed by atoms with Crippen molar-refractivity contribution >= 4 is 13.6 Å². The van der Waals surface area contributed by atoms with Gasteiger partial charge in [0.25, 0.3) is 0 Å². The van der Waals surface area contributed by atoms with Gasteiger partial charge < -0.3 is 9.59 Å². The monoisotopic (exact) mass is 115 g/mol. The van der Waals surface area contributed by atoms with E-state index in [4.69, 9.17) is 9.59 Å². The SMILES string of the molecule is C=O.[CH-]=O.[Fe]. The van der Waals surface area contributed by atoms with E-state index in [-0.39, 0.29) is 17.1 Å². The predicted octanol–water partition coefficient (Wildman–Crippen LogP) is -0.462. The zero-order valence-corrected chi connectivity index (χ0v) is 3.56. The molecule has 0 spiro atoms. The maximum Gasteiger partial charge on any atom is 0.106 e. The summed E-state index contributed by atoms with van der Waals surface area (Å²) in [5.41, 5.74) is 0. The molecule has 0 aromatic rings. The van der Waals surface area contributed by atoms with Gasteiger partial charge >= 0.3 is 0 Å². The molecular formula is C2H3FeO2-. The third-order valence-electron chi connectivity index (χ3n) is 0. The Hall–Kier alpha value is -0.141. The quantitative estimate of drug-likeness (QED) is 0.243. The van der Waals surface area contributed by atoms with Crippen LogP contribution in [0.2, 0.25) is 0 Å². The summed E-state index contributed by atoms with van der Waals surface area (Å²) in [6.07, 6.45) is 0. The first-order valence-electron chi connectivity index (χ1n) is 0.524. The Bertz CT molecular complexity index is 9.61. The van der Waals surface area contributed by atoms with Crippen LogP contribution in [0.5, 0.6) is 0 Å². The number of carbonyl (C=O) groups is 1. The van der Waals surface area contributed by atoms with Gasteiger partial charge in [0.1, 0.15) is 6.79 Å². The Kier molecular flexibility index (Phi) is 6690. The predicted molar refractivity (Wildman–Crippen MR) is 13.9 cm³/mol. The molecule has 0 aromatic carbocycles. The summed E-state index contributed by atoms with van der Waals surface area (Å²) >= 11 is 0. The van der Waals surface area contributed by atoms with Crippen LogP contribution in [0.25, 0.3) is 0 Å². The summed E-state index contributed by atoms with van der Waals surface area (Å²) in [6, 6.07) is 0. The third kappa shape index (κ3) is 676. The van der Waals surface area contributed by atoms with E-state index in [1.165, 1.54) is 0 Å². The van der Waals surface area contributed by atoms with E-state index in [9.17, 15) is 0 Å². The average Bonchev–Trinajstić information content (AvgIpc) is 1.50. The summed E-state index contributed by atoms with van der Waals surface area (Å²) in [6.45, 7) is 5.25. The van der Waals surface area contributed by atoms with Crippen LogP contribution in [-0.4, -0.2) is 13.6 Å². The van der Waals surface area contributed by atoms with Gasteiger partial charge in [-0.3, -0.25) is 6.79 Å². The van der Waals surface area contributed by atoms with Crippen molar-refractivity contribution < 1.29 is 26.7 Å². The minimum atomic E-state index is 0. The third-order valence-corrected chi connectivity index (χ3v) is 0.